The molecule has 0 aromatic heterocycles. The van der Waals surface area contributed by atoms with Crippen LogP contribution in [0.25, 0.3) is 0 Å². The van der Waals surface area contributed by atoms with E-state index < -0.39 is 10.1 Å². The molecule has 3 rings (SSSR count). The third-order valence-corrected chi connectivity index (χ3v) is 5.71. The van der Waals surface area contributed by atoms with E-state index in [1.165, 1.54) is 20.9 Å². The highest BCUT2D eigenvalue weighted by molar-refractivity contribution is 7.99. The quantitative estimate of drug-likeness (QED) is 0.839. The van der Waals surface area contributed by atoms with Crippen molar-refractivity contribution < 1.29 is 13.0 Å². The molecule has 23 heavy (non-hydrogen) atoms. The Morgan fingerprint density at radius 2 is 1.52 bits per heavy atom. The predicted molar refractivity (Wildman–Crippen MR) is 94.5 cm³/mol. The van der Waals surface area contributed by atoms with Gasteiger partial charge in [-0.1, -0.05) is 23.9 Å². The third kappa shape index (κ3) is 3.71. The van der Waals surface area contributed by atoms with Crippen molar-refractivity contribution in [3.05, 3.63) is 47.5 Å². The molecule has 2 aromatic carbocycles. The van der Waals surface area contributed by atoms with E-state index in [1.807, 2.05) is 0 Å². The van der Waals surface area contributed by atoms with Crippen molar-refractivity contribution >= 4 is 33.3 Å². The van der Waals surface area contributed by atoms with Crippen LogP contribution < -0.4 is 4.90 Å². The van der Waals surface area contributed by atoms with Gasteiger partial charge >= 0.3 is 0 Å². The van der Waals surface area contributed by atoms with E-state index in [1.54, 1.807) is 11.8 Å². The third-order valence-electron chi connectivity index (χ3n) is 3.82. The molecule has 2 aromatic rings. The second-order valence-corrected chi connectivity index (χ2v) is 8.49. The molecule has 4 nitrogen and oxygen atoms in total. The van der Waals surface area contributed by atoms with Gasteiger partial charge in [0.25, 0.3) is 10.1 Å². The zero-order valence-corrected chi connectivity index (χ0v) is 14.7. The van der Waals surface area contributed by atoms with E-state index in [0.717, 1.165) is 11.4 Å². The van der Waals surface area contributed by atoms with Crippen LogP contribution in [0.4, 0.5) is 11.4 Å². The lowest BCUT2D eigenvalue weighted by Gasteiger charge is -2.33. The lowest BCUT2D eigenvalue weighted by atomic mass is 10.1. The van der Waals surface area contributed by atoms with Gasteiger partial charge in [-0.15, -0.1) is 0 Å². The summed E-state index contributed by atoms with van der Waals surface area (Å²) in [5.74, 6) is -0.223. The molecule has 0 spiro atoms. The molecule has 0 aliphatic carbocycles. The summed E-state index contributed by atoms with van der Waals surface area (Å²) in [5.41, 5.74) is 4.58. The molecule has 1 aliphatic rings. The van der Waals surface area contributed by atoms with Crippen molar-refractivity contribution in [1.29, 1.82) is 0 Å². The Balaban J connectivity index is 1.97. The topological polar surface area (TPSA) is 57.6 Å². The highest BCUT2D eigenvalue weighted by atomic mass is 32.2. The maximum absolute atomic E-state index is 11.0. The zero-order valence-electron chi connectivity index (χ0n) is 13.1. The van der Waals surface area contributed by atoms with Crippen LogP contribution in [0.2, 0.25) is 0 Å². The summed E-state index contributed by atoms with van der Waals surface area (Å²) in [6, 6.07) is 12.6. The number of anilines is 2. The maximum atomic E-state index is 11.0. The zero-order chi connectivity index (χ0) is 16.6. The first-order valence-corrected chi connectivity index (χ1v) is 9.88. The Morgan fingerprint density at radius 1 is 1.00 bits per heavy atom. The van der Waals surface area contributed by atoms with Gasteiger partial charge in [0, 0.05) is 16.3 Å². The largest absolute Gasteiger partial charge is 0.340 e. The molecule has 0 bridgehead atoms. The van der Waals surface area contributed by atoms with Gasteiger partial charge in [0.1, 0.15) is 0 Å². The summed E-state index contributed by atoms with van der Waals surface area (Å²) < 4.78 is 30.9. The molecule has 122 valence electrons. The Labute approximate surface area is 141 Å². The number of hydrogen-bond donors (Lipinski definition) is 1. The van der Waals surface area contributed by atoms with Crippen molar-refractivity contribution in [3.63, 3.8) is 0 Å². The minimum Gasteiger partial charge on any atom is -0.340 e. The molecule has 0 fully saturated rings. The van der Waals surface area contributed by atoms with E-state index in [0.29, 0.717) is 13.0 Å². The molecular weight excluding hydrogens is 330 g/mol. The summed E-state index contributed by atoms with van der Waals surface area (Å²) in [7, 11) is -3.92. The second-order valence-electron chi connectivity index (χ2n) is 5.84. The van der Waals surface area contributed by atoms with Gasteiger partial charge in [-0.05, 0) is 55.7 Å². The van der Waals surface area contributed by atoms with Gasteiger partial charge in [-0.3, -0.25) is 4.55 Å². The second kappa shape index (κ2) is 6.19. The SMILES string of the molecule is Cc1ccc2c(c1)Sc1cc(C)ccc1N2CCCS(=O)(=O)O. The molecule has 1 N–H and O–H groups in total. The van der Waals surface area contributed by atoms with E-state index in [4.69, 9.17) is 4.55 Å². The molecule has 1 aliphatic heterocycles. The minimum absolute atomic E-state index is 0.223. The predicted octanol–water partition coefficient (Wildman–Crippen LogP) is 4.18. The fraction of sp³-hybridized carbons (Fsp3) is 0.294. The Kier molecular flexibility index (Phi) is 4.40. The molecule has 0 amide bonds. The highest BCUT2D eigenvalue weighted by Gasteiger charge is 2.23. The first kappa shape index (κ1) is 16.4. The van der Waals surface area contributed by atoms with Gasteiger partial charge in [-0.25, -0.2) is 0 Å². The minimum atomic E-state index is -3.92. The van der Waals surface area contributed by atoms with Gasteiger partial charge in [0.2, 0.25) is 0 Å². The monoisotopic (exact) mass is 349 g/mol. The average molecular weight is 349 g/mol. The number of hydrogen-bond acceptors (Lipinski definition) is 4. The number of fused-ring (bicyclic) bond motifs is 2. The smallest absolute Gasteiger partial charge is 0.264 e. The Bertz CT molecular complexity index is 795. The van der Waals surface area contributed by atoms with Gasteiger partial charge in [0.15, 0.2) is 0 Å². The standard InChI is InChI=1S/C17H19NO3S2/c1-12-4-6-14-16(10-12)22-17-11-13(2)5-7-15(17)18(14)8-3-9-23(19,20)21/h4-7,10-11H,3,8-9H2,1-2H3,(H,19,20,21). The van der Waals surface area contributed by atoms with Crippen LogP contribution in [0, 0.1) is 13.8 Å². The van der Waals surface area contributed by atoms with Crippen LogP contribution in [0.5, 0.6) is 0 Å². The fourth-order valence-corrected chi connectivity index (χ4v) is 4.53. The van der Waals surface area contributed by atoms with Crippen molar-refractivity contribution in [3.8, 4) is 0 Å². The van der Waals surface area contributed by atoms with Crippen LogP contribution in [0.15, 0.2) is 46.2 Å². The molecule has 0 unspecified atom stereocenters. The Morgan fingerprint density at radius 3 is 2.00 bits per heavy atom. The number of nitrogens with zero attached hydrogens (tertiary/aromatic N) is 1. The molecule has 0 atom stereocenters. The Hall–Kier alpha value is -1.50. The maximum Gasteiger partial charge on any atom is 0.264 e. The summed E-state index contributed by atoms with van der Waals surface area (Å²) >= 11 is 1.74. The number of aryl methyl sites for hydroxylation is 2. The summed E-state index contributed by atoms with van der Waals surface area (Å²) in [6.45, 7) is 4.68. The number of rotatable bonds is 4. The fourth-order valence-electron chi connectivity index (χ4n) is 2.75. The van der Waals surface area contributed by atoms with Crippen molar-refractivity contribution in [2.24, 2.45) is 0 Å². The van der Waals surface area contributed by atoms with E-state index >= 15 is 0 Å². The molecule has 0 saturated carbocycles. The molecular formula is C17H19NO3S2. The van der Waals surface area contributed by atoms with Gasteiger partial charge in [0.05, 0.1) is 17.1 Å². The van der Waals surface area contributed by atoms with Crippen molar-refractivity contribution in [1.82, 2.24) is 0 Å². The van der Waals surface area contributed by atoms with Gasteiger partial charge in [-0.2, -0.15) is 8.42 Å². The number of benzene rings is 2. The average Bonchev–Trinajstić information content (AvgIpc) is 2.44. The van der Waals surface area contributed by atoms with Gasteiger partial charge < -0.3 is 4.90 Å². The first-order chi connectivity index (χ1) is 10.8. The van der Waals surface area contributed by atoms with E-state index in [-0.39, 0.29) is 5.75 Å². The van der Waals surface area contributed by atoms with E-state index in [2.05, 4.69) is 55.1 Å². The molecule has 0 saturated heterocycles. The lowest BCUT2D eigenvalue weighted by Crippen LogP contribution is -2.24. The van der Waals surface area contributed by atoms with Crippen LogP contribution in [-0.2, 0) is 10.1 Å². The van der Waals surface area contributed by atoms with Crippen LogP contribution in [0.3, 0.4) is 0 Å². The van der Waals surface area contributed by atoms with Crippen LogP contribution in [0.1, 0.15) is 17.5 Å². The van der Waals surface area contributed by atoms with Crippen LogP contribution >= 0.6 is 11.8 Å². The van der Waals surface area contributed by atoms with Crippen molar-refractivity contribution in [2.75, 3.05) is 17.2 Å². The first-order valence-electron chi connectivity index (χ1n) is 7.45. The molecule has 1 heterocycles. The summed E-state index contributed by atoms with van der Waals surface area (Å²) in [6.07, 6.45) is 0.379. The van der Waals surface area contributed by atoms with E-state index in [9.17, 15) is 8.42 Å². The van der Waals surface area contributed by atoms with Crippen molar-refractivity contribution in [2.45, 2.75) is 30.1 Å². The molecule has 6 heteroatoms. The lowest BCUT2D eigenvalue weighted by molar-refractivity contribution is 0.481. The summed E-state index contributed by atoms with van der Waals surface area (Å²) in [4.78, 5) is 4.50. The molecule has 0 radical (unpaired) electrons. The van der Waals surface area contributed by atoms with Crippen LogP contribution in [-0.4, -0.2) is 25.3 Å². The normalized spacial score (nSPS) is 13.6. The summed E-state index contributed by atoms with van der Waals surface area (Å²) in [5, 5.41) is 0. The highest BCUT2D eigenvalue weighted by Crippen LogP contribution is 2.48.